The molecule has 2 aromatic rings. The number of likely N-dealkylation sites (N-methyl/N-ethyl adjacent to an activating group) is 1. The van der Waals surface area contributed by atoms with Crippen LogP contribution in [-0.2, 0) is 20.5 Å². The highest BCUT2D eigenvalue weighted by Gasteiger charge is 2.35. The van der Waals surface area contributed by atoms with Gasteiger partial charge in [-0.1, -0.05) is 30.0 Å². The Balaban J connectivity index is 1.84. The molecule has 1 amide bonds. The summed E-state index contributed by atoms with van der Waals surface area (Å²) >= 11 is 0.969. The molecule has 0 saturated carbocycles. The van der Waals surface area contributed by atoms with Gasteiger partial charge in [-0.15, -0.1) is 0 Å². The standard InChI is InChI=1S/C25H27F3N2O4S/c1-4-34-20-7-5-6-8-22(20)35-21-11-9-17(15-18(21)25(26,27)28)10-12-23(31)30-14-13-29(2)16-19(30)24(32)33-3/h5-12,15,19H,4,13-14,16H2,1-3H3/b12-10+. The Morgan fingerprint density at radius 2 is 1.89 bits per heavy atom. The third kappa shape index (κ3) is 6.79. The molecule has 188 valence electrons. The molecule has 1 saturated heterocycles. The van der Waals surface area contributed by atoms with Gasteiger partial charge in [-0.25, -0.2) is 4.79 Å². The van der Waals surface area contributed by atoms with E-state index in [1.807, 2.05) is 11.9 Å². The fourth-order valence-electron chi connectivity index (χ4n) is 3.67. The molecule has 0 aliphatic carbocycles. The fourth-order valence-corrected chi connectivity index (χ4v) is 4.71. The van der Waals surface area contributed by atoms with Crippen LogP contribution in [0.15, 0.2) is 58.3 Å². The first-order chi connectivity index (χ1) is 16.6. The Morgan fingerprint density at radius 1 is 1.14 bits per heavy atom. The summed E-state index contributed by atoms with van der Waals surface area (Å²) in [5.74, 6) is -0.493. The first-order valence-corrected chi connectivity index (χ1v) is 11.8. The van der Waals surface area contributed by atoms with Gasteiger partial charge in [-0.2, -0.15) is 13.2 Å². The zero-order valence-electron chi connectivity index (χ0n) is 19.7. The normalized spacial score (nSPS) is 17.0. The number of piperazine rings is 1. The lowest BCUT2D eigenvalue weighted by molar-refractivity contribution is -0.154. The van der Waals surface area contributed by atoms with Crippen molar-refractivity contribution in [2.75, 3.05) is 40.4 Å². The average Bonchev–Trinajstić information content (AvgIpc) is 2.83. The second kappa shape index (κ2) is 11.6. The largest absolute Gasteiger partial charge is 0.493 e. The number of rotatable bonds is 7. The summed E-state index contributed by atoms with van der Waals surface area (Å²) in [5.41, 5.74) is -0.590. The molecule has 1 fully saturated rings. The van der Waals surface area contributed by atoms with Crippen LogP contribution in [0, 0.1) is 0 Å². The smallest absolute Gasteiger partial charge is 0.417 e. The van der Waals surface area contributed by atoms with Crippen molar-refractivity contribution < 1.29 is 32.2 Å². The Labute approximate surface area is 206 Å². The van der Waals surface area contributed by atoms with E-state index in [1.165, 1.54) is 36.3 Å². The molecule has 1 unspecified atom stereocenters. The first-order valence-electron chi connectivity index (χ1n) is 11.0. The number of hydrogen-bond donors (Lipinski definition) is 0. The minimum atomic E-state index is -4.59. The molecule has 2 aromatic carbocycles. The summed E-state index contributed by atoms with van der Waals surface area (Å²) in [6.07, 6.45) is -2.08. The maximum absolute atomic E-state index is 13.9. The highest BCUT2D eigenvalue weighted by atomic mass is 32.2. The predicted octanol–water partition coefficient (Wildman–Crippen LogP) is 4.58. The van der Waals surface area contributed by atoms with Gasteiger partial charge in [-0.05, 0) is 49.9 Å². The van der Waals surface area contributed by atoms with Gasteiger partial charge >= 0.3 is 12.1 Å². The molecule has 1 atom stereocenters. The number of esters is 1. The lowest BCUT2D eigenvalue weighted by atomic mass is 10.1. The molecule has 0 N–H and O–H groups in total. The van der Waals surface area contributed by atoms with Gasteiger partial charge in [0.25, 0.3) is 0 Å². The van der Waals surface area contributed by atoms with E-state index >= 15 is 0 Å². The molecule has 3 rings (SSSR count). The van der Waals surface area contributed by atoms with Gasteiger partial charge < -0.3 is 19.3 Å². The van der Waals surface area contributed by atoms with Crippen molar-refractivity contribution in [3.63, 3.8) is 0 Å². The van der Waals surface area contributed by atoms with E-state index in [0.29, 0.717) is 36.9 Å². The number of amides is 1. The van der Waals surface area contributed by atoms with Crippen LogP contribution in [0.25, 0.3) is 6.08 Å². The molecule has 1 heterocycles. The van der Waals surface area contributed by atoms with Gasteiger partial charge in [0.15, 0.2) is 0 Å². The quantitative estimate of drug-likeness (QED) is 0.403. The molecule has 35 heavy (non-hydrogen) atoms. The van der Waals surface area contributed by atoms with Crippen LogP contribution >= 0.6 is 11.8 Å². The van der Waals surface area contributed by atoms with Crippen LogP contribution in [0.2, 0.25) is 0 Å². The van der Waals surface area contributed by atoms with Gasteiger partial charge in [0, 0.05) is 30.6 Å². The summed E-state index contributed by atoms with van der Waals surface area (Å²) in [6.45, 7) is 3.40. The minimum absolute atomic E-state index is 0.0259. The summed E-state index contributed by atoms with van der Waals surface area (Å²) < 4.78 is 52.0. The molecule has 6 nitrogen and oxygen atoms in total. The van der Waals surface area contributed by atoms with E-state index in [0.717, 1.165) is 17.8 Å². The number of hydrogen-bond acceptors (Lipinski definition) is 6. The highest BCUT2D eigenvalue weighted by molar-refractivity contribution is 7.99. The minimum Gasteiger partial charge on any atom is -0.493 e. The first kappa shape index (κ1) is 26.6. The summed E-state index contributed by atoms with van der Waals surface area (Å²) in [5, 5.41) is 0. The molecule has 0 spiro atoms. The van der Waals surface area contributed by atoms with Crippen LogP contribution in [-0.4, -0.2) is 68.1 Å². The molecule has 0 aromatic heterocycles. The number of ether oxygens (including phenoxy) is 2. The van der Waals surface area contributed by atoms with Crippen molar-refractivity contribution in [1.82, 2.24) is 9.80 Å². The average molecular weight is 509 g/mol. The maximum Gasteiger partial charge on any atom is 0.417 e. The number of alkyl halides is 3. The van der Waals surface area contributed by atoms with Crippen LogP contribution in [0.5, 0.6) is 5.75 Å². The molecule has 0 radical (unpaired) electrons. The van der Waals surface area contributed by atoms with Gasteiger partial charge in [-0.3, -0.25) is 4.79 Å². The van der Waals surface area contributed by atoms with Crippen LogP contribution in [0.1, 0.15) is 18.1 Å². The van der Waals surface area contributed by atoms with E-state index in [9.17, 15) is 22.8 Å². The van der Waals surface area contributed by atoms with Crippen LogP contribution in [0.4, 0.5) is 13.2 Å². The Kier molecular flexibility index (Phi) is 8.85. The zero-order chi connectivity index (χ0) is 25.6. The number of halogens is 3. The second-order valence-electron chi connectivity index (χ2n) is 7.90. The molecule has 1 aliphatic rings. The number of methoxy groups -OCH3 is 1. The van der Waals surface area contributed by atoms with Crippen molar-refractivity contribution in [2.24, 2.45) is 0 Å². The zero-order valence-corrected chi connectivity index (χ0v) is 20.5. The Hall–Kier alpha value is -2.98. The predicted molar refractivity (Wildman–Crippen MR) is 127 cm³/mol. The lowest BCUT2D eigenvalue weighted by Crippen LogP contribution is -2.57. The summed E-state index contributed by atoms with van der Waals surface area (Å²) in [6, 6.07) is 10.1. The van der Waals surface area contributed by atoms with Crippen molar-refractivity contribution in [2.45, 2.75) is 28.9 Å². The fraction of sp³-hybridized carbons (Fsp3) is 0.360. The molecule has 1 aliphatic heterocycles. The third-order valence-corrected chi connectivity index (χ3v) is 6.57. The second-order valence-corrected chi connectivity index (χ2v) is 8.99. The van der Waals surface area contributed by atoms with Crippen molar-refractivity contribution in [3.8, 4) is 5.75 Å². The van der Waals surface area contributed by atoms with Crippen molar-refractivity contribution in [3.05, 3.63) is 59.7 Å². The number of carbonyl (C=O) groups is 2. The van der Waals surface area contributed by atoms with E-state index < -0.39 is 29.7 Å². The Bertz CT molecular complexity index is 1090. The molecular weight excluding hydrogens is 481 g/mol. The van der Waals surface area contributed by atoms with Gasteiger partial charge in [0.05, 0.1) is 24.2 Å². The summed E-state index contributed by atoms with van der Waals surface area (Å²) in [4.78, 5) is 28.8. The van der Waals surface area contributed by atoms with E-state index in [2.05, 4.69) is 0 Å². The topological polar surface area (TPSA) is 59.1 Å². The third-order valence-electron chi connectivity index (χ3n) is 5.44. The van der Waals surface area contributed by atoms with E-state index in [1.54, 1.807) is 31.2 Å². The number of para-hydroxylation sites is 1. The van der Waals surface area contributed by atoms with Crippen molar-refractivity contribution >= 4 is 29.7 Å². The van der Waals surface area contributed by atoms with Gasteiger partial charge in [0.1, 0.15) is 11.8 Å². The molecule has 10 heteroatoms. The lowest BCUT2D eigenvalue weighted by Gasteiger charge is -2.37. The van der Waals surface area contributed by atoms with E-state index in [-0.39, 0.29) is 10.5 Å². The van der Waals surface area contributed by atoms with Gasteiger partial charge in [0.2, 0.25) is 5.91 Å². The summed E-state index contributed by atoms with van der Waals surface area (Å²) in [7, 11) is 3.08. The number of carbonyl (C=O) groups excluding carboxylic acids is 2. The maximum atomic E-state index is 13.9. The van der Waals surface area contributed by atoms with Crippen LogP contribution < -0.4 is 4.74 Å². The number of benzene rings is 2. The SMILES string of the molecule is CCOc1ccccc1Sc1ccc(/C=C/C(=O)N2CCN(C)CC2C(=O)OC)cc1C(F)(F)F. The molecule has 0 bridgehead atoms. The van der Waals surface area contributed by atoms with E-state index in [4.69, 9.17) is 9.47 Å². The molecular formula is C25H27F3N2O4S. The highest BCUT2D eigenvalue weighted by Crippen LogP contribution is 2.42. The van der Waals surface area contributed by atoms with Crippen LogP contribution in [0.3, 0.4) is 0 Å². The monoisotopic (exact) mass is 508 g/mol. The Morgan fingerprint density at radius 3 is 2.57 bits per heavy atom. The number of nitrogens with zero attached hydrogens (tertiary/aromatic N) is 2. The van der Waals surface area contributed by atoms with Crippen molar-refractivity contribution in [1.29, 1.82) is 0 Å².